The van der Waals surface area contributed by atoms with Gasteiger partial charge in [0.15, 0.2) is 0 Å². The van der Waals surface area contributed by atoms with Crippen LogP contribution in [0.4, 0.5) is 11.4 Å². The summed E-state index contributed by atoms with van der Waals surface area (Å²) in [5.41, 5.74) is 1.60. The largest absolute Gasteiger partial charge is 0.494 e. The van der Waals surface area contributed by atoms with Crippen molar-refractivity contribution in [2.24, 2.45) is 0 Å². The number of nitrogens with one attached hydrogen (secondary N) is 2. The summed E-state index contributed by atoms with van der Waals surface area (Å²) in [7, 11) is 0. The average molecular weight is 429 g/mol. The number of ether oxygens (including phenoxy) is 1. The van der Waals surface area contributed by atoms with E-state index in [9.17, 15) is 9.59 Å². The van der Waals surface area contributed by atoms with Crippen molar-refractivity contribution in [2.45, 2.75) is 6.92 Å². The van der Waals surface area contributed by atoms with E-state index in [1.807, 2.05) is 6.92 Å². The second-order valence-corrected chi connectivity index (χ2v) is 6.94. The molecular formula is C22H18Cl2N2O3. The number of carbonyl (C=O) groups is 2. The van der Waals surface area contributed by atoms with E-state index >= 15 is 0 Å². The molecule has 0 atom stereocenters. The summed E-state index contributed by atoms with van der Waals surface area (Å²) in [6, 6.07) is 18.3. The molecule has 0 heterocycles. The predicted molar refractivity (Wildman–Crippen MR) is 116 cm³/mol. The van der Waals surface area contributed by atoms with Gasteiger partial charge in [-0.2, -0.15) is 0 Å². The van der Waals surface area contributed by atoms with Crippen LogP contribution in [0.3, 0.4) is 0 Å². The van der Waals surface area contributed by atoms with E-state index in [2.05, 4.69) is 10.6 Å². The van der Waals surface area contributed by atoms with Crippen LogP contribution in [0.15, 0.2) is 66.7 Å². The summed E-state index contributed by atoms with van der Waals surface area (Å²) < 4.78 is 5.39. The normalized spacial score (nSPS) is 10.3. The third-order valence-corrected chi connectivity index (χ3v) is 4.40. The third-order valence-electron chi connectivity index (χ3n) is 3.97. The van der Waals surface area contributed by atoms with Gasteiger partial charge in [-0.15, -0.1) is 0 Å². The van der Waals surface area contributed by atoms with Gasteiger partial charge in [0.25, 0.3) is 11.8 Å². The number of anilines is 2. The van der Waals surface area contributed by atoms with Crippen LogP contribution >= 0.6 is 23.2 Å². The van der Waals surface area contributed by atoms with Crippen molar-refractivity contribution in [3.63, 3.8) is 0 Å². The number of hydrogen-bond acceptors (Lipinski definition) is 3. The van der Waals surface area contributed by atoms with E-state index < -0.39 is 5.91 Å². The molecule has 0 saturated carbocycles. The fourth-order valence-electron chi connectivity index (χ4n) is 2.67. The van der Waals surface area contributed by atoms with Crippen LogP contribution in [-0.2, 0) is 0 Å². The van der Waals surface area contributed by atoms with Gasteiger partial charge in [0, 0.05) is 21.3 Å². The first-order valence-electron chi connectivity index (χ1n) is 8.87. The zero-order valence-electron chi connectivity index (χ0n) is 15.5. The van der Waals surface area contributed by atoms with Crippen molar-refractivity contribution in [3.8, 4) is 5.75 Å². The van der Waals surface area contributed by atoms with Crippen LogP contribution < -0.4 is 15.4 Å². The van der Waals surface area contributed by atoms with Crippen molar-refractivity contribution in [1.82, 2.24) is 0 Å². The smallest absolute Gasteiger partial charge is 0.257 e. The fraction of sp³-hybridized carbons (Fsp3) is 0.0909. The summed E-state index contributed by atoms with van der Waals surface area (Å²) in [6.07, 6.45) is 0. The van der Waals surface area contributed by atoms with Crippen LogP contribution in [0.2, 0.25) is 10.0 Å². The number of amides is 2. The summed E-state index contributed by atoms with van der Waals surface area (Å²) in [5.74, 6) is -0.0525. The third kappa shape index (κ3) is 5.50. The van der Waals surface area contributed by atoms with Crippen molar-refractivity contribution < 1.29 is 14.3 Å². The molecule has 0 fully saturated rings. The van der Waals surface area contributed by atoms with Crippen LogP contribution in [0.5, 0.6) is 5.75 Å². The Morgan fingerprint density at radius 3 is 2.17 bits per heavy atom. The summed E-state index contributed by atoms with van der Waals surface area (Å²) in [4.78, 5) is 25.3. The average Bonchev–Trinajstić information content (AvgIpc) is 2.69. The lowest BCUT2D eigenvalue weighted by atomic mass is 10.1. The zero-order chi connectivity index (χ0) is 20.8. The minimum atomic E-state index is -0.421. The maximum absolute atomic E-state index is 12.7. The highest BCUT2D eigenvalue weighted by Gasteiger charge is 2.15. The second-order valence-electron chi connectivity index (χ2n) is 6.07. The molecule has 3 aromatic carbocycles. The maximum atomic E-state index is 12.7. The SMILES string of the molecule is CCOc1ccc(NC(=O)c2ccccc2NC(=O)c2cc(Cl)cc(Cl)c2)cc1. The lowest BCUT2D eigenvalue weighted by Gasteiger charge is -2.12. The van der Waals surface area contributed by atoms with Gasteiger partial charge < -0.3 is 15.4 Å². The molecule has 3 aromatic rings. The molecule has 0 aliphatic rings. The molecule has 0 aliphatic carbocycles. The highest BCUT2D eigenvalue weighted by molar-refractivity contribution is 6.35. The number of hydrogen-bond donors (Lipinski definition) is 2. The zero-order valence-corrected chi connectivity index (χ0v) is 17.1. The Kier molecular flexibility index (Phi) is 6.75. The van der Waals surface area contributed by atoms with E-state index in [0.717, 1.165) is 5.75 Å². The van der Waals surface area contributed by atoms with E-state index in [4.69, 9.17) is 27.9 Å². The monoisotopic (exact) mass is 428 g/mol. The molecule has 148 valence electrons. The van der Waals surface area contributed by atoms with Crippen LogP contribution in [0, 0.1) is 0 Å². The molecule has 0 unspecified atom stereocenters. The number of rotatable bonds is 6. The number of para-hydroxylation sites is 1. The Labute approximate surface area is 178 Å². The van der Waals surface area contributed by atoms with Gasteiger partial charge in [-0.05, 0) is 61.5 Å². The highest BCUT2D eigenvalue weighted by Crippen LogP contribution is 2.23. The standard InChI is InChI=1S/C22H18Cl2N2O3/c1-2-29-18-9-7-17(8-10-18)25-22(28)19-5-3-4-6-20(19)26-21(27)14-11-15(23)13-16(24)12-14/h3-13H,2H2,1H3,(H,25,28)(H,26,27). The second kappa shape index (κ2) is 9.45. The molecule has 2 N–H and O–H groups in total. The molecule has 2 amide bonds. The quantitative estimate of drug-likeness (QED) is 0.513. The Bertz CT molecular complexity index is 1020. The van der Waals surface area contributed by atoms with Crippen LogP contribution in [0.1, 0.15) is 27.6 Å². The minimum absolute atomic E-state index is 0.296. The number of carbonyl (C=O) groups excluding carboxylic acids is 2. The Morgan fingerprint density at radius 2 is 1.52 bits per heavy atom. The van der Waals surface area contributed by atoms with E-state index in [1.54, 1.807) is 48.5 Å². The van der Waals surface area contributed by atoms with Gasteiger partial charge in [-0.1, -0.05) is 35.3 Å². The van der Waals surface area contributed by atoms with Gasteiger partial charge in [0.1, 0.15) is 5.75 Å². The Morgan fingerprint density at radius 1 is 0.862 bits per heavy atom. The lowest BCUT2D eigenvalue weighted by Crippen LogP contribution is -2.18. The fourth-order valence-corrected chi connectivity index (χ4v) is 3.20. The van der Waals surface area contributed by atoms with Crippen molar-refractivity contribution in [2.75, 3.05) is 17.2 Å². The molecule has 0 aromatic heterocycles. The van der Waals surface area contributed by atoms with Gasteiger partial charge >= 0.3 is 0 Å². The van der Waals surface area contributed by atoms with Gasteiger partial charge in [-0.25, -0.2) is 0 Å². The molecule has 3 rings (SSSR count). The first-order valence-corrected chi connectivity index (χ1v) is 9.62. The predicted octanol–water partition coefficient (Wildman–Crippen LogP) is 5.90. The van der Waals surface area contributed by atoms with Gasteiger partial charge in [0.2, 0.25) is 0 Å². The highest BCUT2D eigenvalue weighted by atomic mass is 35.5. The van der Waals surface area contributed by atoms with E-state index in [1.165, 1.54) is 18.2 Å². The number of halogens is 2. The lowest BCUT2D eigenvalue weighted by molar-refractivity contribution is 0.102. The van der Waals surface area contributed by atoms with Crippen LogP contribution in [0.25, 0.3) is 0 Å². The summed E-state index contributed by atoms with van der Waals surface area (Å²) in [6.45, 7) is 2.47. The van der Waals surface area contributed by atoms with Gasteiger partial charge in [0.05, 0.1) is 17.9 Å². The Hall–Kier alpha value is -3.02. The van der Waals surface area contributed by atoms with Crippen molar-refractivity contribution >= 4 is 46.4 Å². The molecule has 29 heavy (non-hydrogen) atoms. The molecule has 0 bridgehead atoms. The van der Waals surface area contributed by atoms with Gasteiger partial charge in [-0.3, -0.25) is 9.59 Å². The summed E-state index contributed by atoms with van der Waals surface area (Å²) >= 11 is 11.9. The first-order chi connectivity index (χ1) is 14.0. The molecule has 0 aliphatic heterocycles. The molecule has 0 saturated heterocycles. The van der Waals surface area contributed by atoms with Crippen LogP contribution in [-0.4, -0.2) is 18.4 Å². The summed E-state index contributed by atoms with van der Waals surface area (Å²) in [5, 5.41) is 6.25. The molecule has 5 nitrogen and oxygen atoms in total. The van der Waals surface area contributed by atoms with E-state index in [-0.39, 0.29) is 5.91 Å². The first kappa shape index (κ1) is 20.7. The number of benzene rings is 3. The molecule has 7 heteroatoms. The topological polar surface area (TPSA) is 67.4 Å². The Balaban J connectivity index is 1.77. The molecule has 0 radical (unpaired) electrons. The maximum Gasteiger partial charge on any atom is 0.257 e. The van der Waals surface area contributed by atoms with Crippen molar-refractivity contribution in [1.29, 1.82) is 0 Å². The molecule has 0 spiro atoms. The minimum Gasteiger partial charge on any atom is -0.494 e. The van der Waals surface area contributed by atoms with E-state index in [0.29, 0.717) is 39.2 Å². The molecular weight excluding hydrogens is 411 g/mol. The van der Waals surface area contributed by atoms with Crippen molar-refractivity contribution in [3.05, 3.63) is 87.9 Å².